The number of thiophene rings is 1. The highest BCUT2D eigenvalue weighted by atomic mass is 32.2. The molecular weight excluding hydrogens is 278 g/mol. The lowest BCUT2D eigenvalue weighted by Crippen LogP contribution is -2.31. The van der Waals surface area contributed by atoms with Crippen molar-refractivity contribution >= 4 is 21.2 Å². The zero-order chi connectivity index (χ0) is 13.7. The molecule has 0 amide bonds. The van der Waals surface area contributed by atoms with E-state index in [0.29, 0.717) is 23.3 Å². The highest BCUT2D eigenvalue weighted by molar-refractivity contribution is 7.91. The van der Waals surface area contributed by atoms with Crippen LogP contribution in [0.3, 0.4) is 0 Å². The van der Waals surface area contributed by atoms with Crippen molar-refractivity contribution in [1.82, 2.24) is 5.32 Å². The van der Waals surface area contributed by atoms with Crippen molar-refractivity contribution in [2.45, 2.75) is 26.2 Å². The van der Waals surface area contributed by atoms with Gasteiger partial charge in [0.1, 0.15) is 0 Å². The predicted octanol–water partition coefficient (Wildman–Crippen LogP) is 2.34. The largest absolute Gasteiger partial charge is 0.316 e. The highest BCUT2D eigenvalue weighted by Gasteiger charge is 2.33. The molecule has 1 aliphatic rings. The SMILES string of the molecule is CCCNCC(Cc1ccsc1)C1CCS(=O)(=O)C1. The summed E-state index contributed by atoms with van der Waals surface area (Å²) in [6.07, 6.45) is 2.96. The Morgan fingerprint density at radius 1 is 1.53 bits per heavy atom. The summed E-state index contributed by atoms with van der Waals surface area (Å²) in [5.74, 6) is 1.54. The summed E-state index contributed by atoms with van der Waals surface area (Å²) >= 11 is 1.71. The molecular formula is C14H23NO2S2. The molecule has 1 saturated heterocycles. The van der Waals surface area contributed by atoms with Crippen LogP contribution in [-0.4, -0.2) is 33.0 Å². The fourth-order valence-electron chi connectivity index (χ4n) is 2.78. The van der Waals surface area contributed by atoms with E-state index in [0.717, 1.165) is 32.4 Å². The molecule has 108 valence electrons. The average molecular weight is 301 g/mol. The maximum atomic E-state index is 11.7. The monoisotopic (exact) mass is 301 g/mol. The smallest absolute Gasteiger partial charge is 0.150 e. The van der Waals surface area contributed by atoms with Crippen molar-refractivity contribution in [2.75, 3.05) is 24.6 Å². The Morgan fingerprint density at radius 3 is 2.95 bits per heavy atom. The first-order valence-corrected chi connectivity index (χ1v) is 9.79. The molecule has 1 fully saturated rings. The molecule has 0 radical (unpaired) electrons. The Kier molecular flexibility index (Phi) is 5.42. The normalized spacial score (nSPS) is 23.5. The van der Waals surface area contributed by atoms with Gasteiger partial charge in [-0.2, -0.15) is 11.3 Å². The Labute approximate surface area is 120 Å². The summed E-state index contributed by atoms with van der Waals surface area (Å²) in [6, 6.07) is 2.15. The minimum absolute atomic E-state index is 0.328. The second kappa shape index (κ2) is 6.86. The summed E-state index contributed by atoms with van der Waals surface area (Å²) in [7, 11) is -2.78. The number of hydrogen-bond acceptors (Lipinski definition) is 4. The van der Waals surface area contributed by atoms with Gasteiger partial charge < -0.3 is 5.32 Å². The fraction of sp³-hybridized carbons (Fsp3) is 0.714. The molecule has 0 aromatic carbocycles. The van der Waals surface area contributed by atoms with Crippen molar-refractivity contribution in [3.63, 3.8) is 0 Å². The van der Waals surface area contributed by atoms with Crippen LogP contribution < -0.4 is 5.32 Å². The van der Waals surface area contributed by atoms with Gasteiger partial charge in [-0.15, -0.1) is 0 Å². The third-order valence-electron chi connectivity index (χ3n) is 3.85. The van der Waals surface area contributed by atoms with Crippen LogP contribution in [0.2, 0.25) is 0 Å². The van der Waals surface area contributed by atoms with Crippen molar-refractivity contribution in [3.8, 4) is 0 Å². The van der Waals surface area contributed by atoms with Gasteiger partial charge >= 0.3 is 0 Å². The molecule has 1 aromatic rings. The second-order valence-corrected chi connectivity index (χ2v) is 8.47. The topological polar surface area (TPSA) is 46.2 Å². The minimum atomic E-state index is -2.78. The average Bonchev–Trinajstić information content (AvgIpc) is 2.97. The fourth-order valence-corrected chi connectivity index (χ4v) is 5.38. The van der Waals surface area contributed by atoms with Crippen molar-refractivity contribution in [1.29, 1.82) is 0 Å². The van der Waals surface area contributed by atoms with Gasteiger partial charge in [-0.3, -0.25) is 0 Å². The van der Waals surface area contributed by atoms with Crippen LogP contribution >= 0.6 is 11.3 Å². The number of nitrogens with one attached hydrogen (secondary N) is 1. The second-order valence-electron chi connectivity index (χ2n) is 5.46. The zero-order valence-electron chi connectivity index (χ0n) is 11.5. The highest BCUT2D eigenvalue weighted by Crippen LogP contribution is 2.28. The first-order chi connectivity index (χ1) is 9.11. The molecule has 1 aromatic heterocycles. The molecule has 3 nitrogen and oxygen atoms in total. The van der Waals surface area contributed by atoms with Gasteiger partial charge in [0.05, 0.1) is 11.5 Å². The van der Waals surface area contributed by atoms with Gasteiger partial charge in [-0.1, -0.05) is 6.92 Å². The van der Waals surface area contributed by atoms with Crippen molar-refractivity contribution < 1.29 is 8.42 Å². The quantitative estimate of drug-likeness (QED) is 0.786. The molecule has 2 heterocycles. The van der Waals surface area contributed by atoms with Crippen LogP contribution in [0, 0.1) is 11.8 Å². The van der Waals surface area contributed by atoms with Crippen molar-refractivity contribution in [2.24, 2.45) is 11.8 Å². The number of hydrogen-bond donors (Lipinski definition) is 1. The maximum absolute atomic E-state index is 11.7. The molecule has 2 rings (SSSR count). The van der Waals surface area contributed by atoms with Gasteiger partial charge in [0.15, 0.2) is 9.84 Å². The van der Waals surface area contributed by atoms with Gasteiger partial charge in [-0.05, 0) is 66.6 Å². The lowest BCUT2D eigenvalue weighted by Gasteiger charge is -2.22. The first kappa shape index (κ1) is 15.0. The van der Waals surface area contributed by atoms with Gasteiger partial charge in [0, 0.05) is 0 Å². The molecule has 2 atom stereocenters. The summed E-state index contributed by atoms with van der Waals surface area (Å²) in [5.41, 5.74) is 1.34. The Morgan fingerprint density at radius 2 is 2.37 bits per heavy atom. The van der Waals surface area contributed by atoms with E-state index in [2.05, 4.69) is 29.1 Å². The molecule has 0 saturated carbocycles. The van der Waals surface area contributed by atoms with Crippen LogP contribution in [-0.2, 0) is 16.3 Å². The predicted molar refractivity (Wildman–Crippen MR) is 81.4 cm³/mol. The molecule has 2 unspecified atom stereocenters. The van der Waals surface area contributed by atoms with E-state index in [1.54, 1.807) is 11.3 Å². The van der Waals surface area contributed by atoms with Gasteiger partial charge in [-0.25, -0.2) is 8.42 Å². The van der Waals surface area contributed by atoms with E-state index in [4.69, 9.17) is 0 Å². The van der Waals surface area contributed by atoms with E-state index < -0.39 is 9.84 Å². The zero-order valence-corrected chi connectivity index (χ0v) is 13.1. The molecule has 19 heavy (non-hydrogen) atoms. The number of rotatable bonds is 7. The van der Waals surface area contributed by atoms with Crippen LogP contribution in [0.5, 0.6) is 0 Å². The molecule has 0 aliphatic carbocycles. The Bertz CT molecular complexity index is 468. The molecule has 1 aliphatic heterocycles. The van der Waals surface area contributed by atoms with Crippen LogP contribution in [0.25, 0.3) is 0 Å². The third-order valence-corrected chi connectivity index (χ3v) is 6.37. The molecule has 5 heteroatoms. The lowest BCUT2D eigenvalue weighted by molar-refractivity contribution is 0.344. The standard InChI is InChI=1S/C14H23NO2S2/c1-2-5-15-9-14(8-12-3-6-18-10-12)13-4-7-19(16,17)11-13/h3,6,10,13-15H,2,4-5,7-9,11H2,1H3. The molecule has 0 bridgehead atoms. The summed E-state index contributed by atoms with van der Waals surface area (Å²) in [6.45, 7) is 4.10. The maximum Gasteiger partial charge on any atom is 0.150 e. The van der Waals surface area contributed by atoms with Crippen LogP contribution in [0.15, 0.2) is 16.8 Å². The third kappa shape index (κ3) is 4.58. The van der Waals surface area contributed by atoms with Crippen LogP contribution in [0.4, 0.5) is 0 Å². The summed E-state index contributed by atoms with van der Waals surface area (Å²) in [5, 5.41) is 7.73. The van der Waals surface area contributed by atoms with E-state index in [1.807, 2.05) is 0 Å². The Balaban J connectivity index is 1.97. The van der Waals surface area contributed by atoms with Crippen molar-refractivity contribution in [3.05, 3.63) is 22.4 Å². The molecule has 1 N–H and O–H groups in total. The summed E-state index contributed by atoms with van der Waals surface area (Å²) in [4.78, 5) is 0. The van der Waals surface area contributed by atoms with E-state index in [9.17, 15) is 8.42 Å². The van der Waals surface area contributed by atoms with E-state index in [-0.39, 0.29) is 0 Å². The van der Waals surface area contributed by atoms with Gasteiger partial charge in [0.2, 0.25) is 0 Å². The number of sulfone groups is 1. The van der Waals surface area contributed by atoms with E-state index in [1.165, 1.54) is 5.56 Å². The lowest BCUT2D eigenvalue weighted by atomic mass is 9.87. The Hall–Kier alpha value is -0.390. The molecule has 0 spiro atoms. The first-order valence-electron chi connectivity index (χ1n) is 7.03. The minimum Gasteiger partial charge on any atom is -0.316 e. The van der Waals surface area contributed by atoms with Gasteiger partial charge in [0.25, 0.3) is 0 Å². The summed E-state index contributed by atoms with van der Waals surface area (Å²) < 4.78 is 23.3. The van der Waals surface area contributed by atoms with Crippen LogP contribution in [0.1, 0.15) is 25.3 Å². The van der Waals surface area contributed by atoms with E-state index >= 15 is 0 Å².